The van der Waals surface area contributed by atoms with Crippen molar-refractivity contribution >= 4 is 24.2 Å². The number of unbranched alkanes of at least 4 members (excludes halogenated alkanes) is 3. The third kappa shape index (κ3) is 9.98. The zero-order chi connectivity index (χ0) is 28.7. The minimum absolute atomic E-state index is 0.0156. The molecular formula is C33H38N2O6. The molecule has 2 amide bonds. The van der Waals surface area contributed by atoms with Crippen LogP contribution in [0.1, 0.15) is 56.9 Å². The predicted octanol–water partition coefficient (Wildman–Crippen LogP) is 7.28. The minimum atomic E-state index is -0.521. The average Bonchev–Trinajstić information content (AvgIpc) is 3.00. The molecule has 2 N–H and O–H groups in total. The second-order valence-corrected chi connectivity index (χ2v) is 10.1. The Bertz CT molecular complexity index is 1240. The first-order valence-corrected chi connectivity index (χ1v) is 14.3. The molecule has 8 heteroatoms. The van der Waals surface area contributed by atoms with Gasteiger partial charge in [0, 0.05) is 24.1 Å². The number of carbonyl (C=O) groups excluding carboxylic acids is 3. The number of hydrogen-bond acceptors (Lipinski definition) is 6. The summed E-state index contributed by atoms with van der Waals surface area (Å²) in [5, 5.41) is 5.84. The lowest BCUT2D eigenvalue weighted by molar-refractivity contribution is -0.107. The number of carbonyl (C=O) groups is 3. The second kappa shape index (κ2) is 16.1. The Hall–Kier alpha value is -4.33. The van der Waals surface area contributed by atoms with E-state index in [1.165, 1.54) is 0 Å². The molecule has 3 aromatic rings. The Morgan fingerprint density at radius 3 is 2.29 bits per heavy atom. The molecule has 3 aromatic carbocycles. The lowest BCUT2D eigenvalue weighted by Gasteiger charge is -2.28. The van der Waals surface area contributed by atoms with Crippen molar-refractivity contribution < 1.29 is 28.6 Å². The van der Waals surface area contributed by atoms with Gasteiger partial charge in [-0.1, -0.05) is 60.7 Å². The molecule has 0 heterocycles. The minimum Gasteiger partial charge on any atom is -0.494 e. The van der Waals surface area contributed by atoms with Crippen LogP contribution in [0.15, 0.2) is 78.9 Å². The van der Waals surface area contributed by atoms with Crippen LogP contribution in [0.5, 0.6) is 5.75 Å². The molecule has 4 rings (SSSR count). The molecule has 0 atom stereocenters. The number of aldehydes is 1. The Morgan fingerprint density at radius 1 is 0.829 bits per heavy atom. The lowest BCUT2D eigenvalue weighted by atomic mass is 9.93. The molecule has 0 unspecified atom stereocenters. The van der Waals surface area contributed by atoms with Crippen LogP contribution in [0.4, 0.5) is 15.3 Å². The first-order chi connectivity index (χ1) is 20.1. The molecule has 1 aliphatic rings. The summed E-state index contributed by atoms with van der Waals surface area (Å²) < 4.78 is 17.0. The average molecular weight is 559 g/mol. The van der Waals surface area contributed by atoms with E-state index in [1.54, 1.807) is 0 Å². The summed E-state index contributed by atoms with van der Waals surface area (Å²) in [4.78, 5) is 35.6. The molecule has 0 aromatic heterocycles. The maximum Gasteiger partial charge on any atom is 0.411 e. The van der Waals surface area contributed by atoms with E-state index in [2.05, 4.69) is 10.6 Å². The summed E-state index contributed by atoms with van der Waals surface area (Å²) >= 11 is 0. The van der Waals surface area contributed by atoms with Crippen molar-refractivity contribution in [1.29, 1.82) is 0 Å². The standard InChI is InChI=1S/C33H38N2O6/c36-21-9-1-2-10-22-39-29-19-20-30(26-13-7-4-8-14-26)31(23-29)35-33(38)41-28-17-15-27(16-18-28)34-32(37)40-24-25-11-5-3-6-12-25/h3-8,11-14,19-21,23,27-28H,1-2,9-10,15-18,22,24H2,(H,34,37)(H,35,38)/t27-,28-. The Labute approximate surface area is 241 Å². The van der Waals surface area contributed by atoms with Gasteiger partial charge in [0.15, 0.2) is 0 Å². The highest BCUT2D eigenvalue weighted by atomic mass is 16.6. The van der Waals surface area contributed by atoms with Gasteiger partial charge in [-0.25, -0.2) is 9.59 Å². The van der Waals surface area contributed by atoms with E-state index in [4.69, 9.17) is 14.2 Å². The van der Waals surface area contributed by atoms with E-state index < -0.39 is 12.2 Å². The zero-order valence-electron chi connectivity index (χ0n) is 23.3. The van der Waals surface area contributed by atoms with Gasteiger partial charge >= 0.3 is 12.2 Å². The summed E-state index contributed by atoms with van der Waals surface area (Å²) in [6, 6.07) is 25.0. The topological polar surface area (TPSA) is 103 Å². The van der Waals surface area contributed by atoms with Gasteiger partial charge in [0.25, 0.3) is 0 Å². The van der Waals surface area contributed by atoms with Gasteiger partial charge in [0.1, 0.15) is 24.7 Å². The predicted molar refractivity (Wildman–Crippen MR) is 158 cm³/mol. The van der Waals surface area contributed by atoms with Crippen molar-refractivity contribution in [3.63, 3.8) is 0 Å². The molecule has 216 valence electrons. The van der Waals surface area contributed by atoms with Gasteiger partial charge in [0.2, 0.25) is 0 Å². The fourth-order valence-electron chi connectivity index (χ4n) is 4.83. The van der Waals surface area contributed by atoms with Crippen LogP contribution in [-0.2, 0) is 20.9 Å². The highest BCUT2D eigenvalue weighted by Crippen LogP contribution is 2.32. The third-order valence-corrected chi connectivity index (χ3v) is 7.03. The largest absolute Gasteiger partial charge is 0.494 e. The number of amides is 2. The number of nitrogens with one attached hydrogen (secondary N) is 2. The summed E-state index contributed by atoms with van der Waals surface area (Å²) in [5.41, 5.74) is 3.37. The maximum absolute atomic E-state index is 12.9. The third-order valence-electron chi connectivity index (χ3n) is 7.03. The summed E-state index contributed by atoms with van der Waals surface area (Å²) in [7, 11) is 0. The van der Waals surface area contributed by atoms with Gasteiger partial charge in [-0.3, -0.25) is 5.32 Å². The number of ether oxygens (including phenoxy) is 3. The van der Waals surface area contributed by atoms with Gasteiger partial charge in [-0.15, -0.1) is 0 Å². The summed E-state index contributed by atoms with van der Waals surface area (Å²) in [6.07, 6.45) is 5.63. The van der Waals surface area contributed by atoms with Gasteiger partial charge < -0.3 is 24.3 Å². The van der Waals surface area contributed by atoms with E-state index in [1.807, 2.05) is 78.9 Å². The maximum atomic E-state index is 12.9. The molecule has 0 bridgehead atoms. The zero-order valence-corrected chi connectivity index (χ0v) is 23.3. The summed E-state index contributed by atoms with van der Waals surface area (Å²) in [5.74, 6) is 0.654. The first-order valence-electron chi connectivity index (χ1n) is 14.3. The van der Waals surface area contributed by atoms with Crippen molar-refractivity contribution in [2.75, 3.05) is 11.9 Å². The normalized spacial score (nSPS) is 16.3. The van der Waals surface area contributed by atoms with Gasteiger partial charge in [0.05, 0.1) is 12.3 Å². The lowest BCUT2D eigenvalue weighted by Crippen LogP contribution is -2.40. The quantitative estimate of drug-likeness (QED) is 0.169. The van der Waals surface area contributed by atoms with E-state index in [-0.39, 0.29) is 18.8 Å². The fourth-order valence-corrected chi connectivity index (χ4v) is 4.83. The number of benzene rings is 3. The van der Waals surface area contributed by atoms with Gasteiger partial charge in [-0.2, -0.15) is 0 Å². The number of anilines is 1. The van der Waals surface area contributed by atoms with E-state index in [0.29, 0.717) is 50.1 Å². The van der Waals surface area contributed by atoms with Crippen LogP contribution in [-0.4, -0.2) is 37.2 Å². The van der Waals surface area contributed by atoms with Crippen molar-refractivity contribution in [3.8, 4) is 16.9 Å². The molecule has 0 spiro atoms. The molecule has 8 nitrogen and oxygen atoms in total. The first kappa shape index (κ1) is 29.6. The second-order valence-electron chi connectivity index (χ2n) is 10.1. The van der Waals surface area contributed by atoms with Crippen molar-refractivity contribution in [2.45, 2.75) is 70.1 Å². The van der Waals surface area contributed by atoms with E-state index in [0.717, 1.165) is 42.2 Å². The number of hydrogen-bond donors (Lipinski definition) is 2. The van der Waals surface area contributed by atoms with Crippen LogP contribution < -0.4 is 15.4 Å². The Morgan fingerprint density at radius 2 is 1.56 bits per heavy atom. The molecule has 1 aliphatic carbocycles. The van der Waals surface area contributed by atoms with Crippen LogP contribution in [0.25, 0.3) is 11.1 Å². The van der Waals surface area contributed by atoms with Crippen molar-refractivity contribution in [2.24, 2.45) is 0 Å². The van der Waals surface area contributed by atoms with E-state index >= 15 is 0 Å². The van der Waals surface area contributed by atoms with Crippen LogP contribution in [0, 0.1) is 0 Å². The molecule has 0 aliphatic heterocycles. The van der Waals surface area contributed by atoms with Crippen LogP contribution in [0.3, 0.4) is 0 Å². The highest BCUT2D eigenvalue weighted by Gasteiger charge is 2.26. The molecule has 0 saturated heterocycles. The smallest absolute Gasteiger partial charge is 0.411 e. The fraction of sp³-hybridized carbons (Fsp3) is 0.364. The molecule has 41 heavy (non-hydrogen) atoms. The van der Waals surface area contributed by atoms with Crippen molar-refractivity contribution in [1.82, 2.24) is 5.32 Å². The highest BCUT2D eigenvalue weighted by molar-refractivity contribution is 5.92. The van der Waals surface area contributed by atoms with E-state index in [9.17, 15) is 14.4 Å². The van der Waals surface area contributed by atoms with Crippen molar-refractivity contribution in [3.05, 3.63) is 84.4 Å². The molecule has 0 radical (unpaired) electrons. The molecular weight excluding hydrogens is 520 g/mol. The van der Waals surface area contributed by atoms with Crippen LogP contribution in [0.2, 0.25) is 0 Å². The van der Waals surface area contributed by atoms with Gasteiger partial charge in [-0.05, 0) is 68.2 Å². The molecule has 1 fully saturated rings. The number of alkyl carbamates (subject to hydrolysis) is 1. The summed E-state index contributed by atoms with van der Waals surface area (Å²) in [6.45, 7) is 0.758. The Kier molecular flexibility index (Phi) is 11.6. The molecule has 1 saturated carbocycles. The Balaban J connectivity index is 1.26. The SMILES string of the molecule is O=CCCCCCOc1ccc(-c2ccccc2)c(NC(=O)O[C@H]2CC[C@H](NC(=O)OCc3ccccc3)CC2)c1. The number of rotatable bonds is 13. The monoisotopic (exact) mass is 558 g/mol. The van der Waals surface area contributed by atoms with Crippen LogP contribution >= 0.6 is 0 Å².